The predicted molar refractivity (Wildman–Crippen MR) is 120 cm³/mol. The van der Waals surface area contributed by atoms with Crippen molar-refractivity contribution in [3.63, 3.8) is 0 Å². The van der Waals surface area contributed by atoms with E-state index in [4.69, 9.17) is 11.6 Å². The number of carboxylic acid groups (broad SMARTS) is 1. The van der Waals surface area contributed by atoms with Gasteiger partial charge in [-0.1, -0.05) is 29.8 Å². The van der Waals surface area contributed by atoms with E-state index in [-0.39, 0.29) is 24.9 Å². The largest absolute Gasteiger partial charge is 0.465 e. The molecule has 0 spiro atoms. The van der Waals surface area contributed by atoms with E-state index in [9.17, 15) is 14.7 Å². The molecule has 1 aromatic heterocycles. The summed E-state index contributed by atoms with van der Waals surface area (Å²) in [5.74, 6) is -0.495. The van der Waals surface area contributed by atoms with Crippen molar-refractivity contribution in [3.8, 4) is 0 Å². The third kappa shape index (κ3) is 4.50. The molecule has 9 heteroatoms. The Hall–Kier alpha value is -2.87. The van der Waals surface area contributed by atoms with Crippen LogP contribution >= 0.6 is 11.6 Å². The lowest BCUT2D eigenvalue weighted by Crippen LogP contribution is -2.49. The number of nitrogens with zero attached hydrogens (tertiary/aromatic N) is 4. The molecule has 1 aromatic carbocycles. The Bertz CT molecular complexity index is 961. The Morgan fingerprint density at radius 3 is 2.53 bits per heavy atom. The van der Waals surface area contributed by atoms with Gasteiger partial charge in [-0.2, -0.15) is 0 Å². The quantitative estimate of drug-likeness (QED) is 0.755. The Kier molecular flexibility index (Phi) is 6.50. The fraction of sp³-hybridized carbons (Fsp3) is 0.435. The van der Waals surface area contributed by atoms with E-state index in [0.29, 0.717) is 30.4 Å². The average molecular weight is 461 g/mol. The molecule has 1 N–H and O–H groups in total. The van der Waals surface area contributed by atoms with Gasteiger partial charge in [-0.25, -0.2) is 14.2 Å². The zero-order valence-corrected chi connectivity index (χ0v) is 18.5. The molecular formula is C23H26ClFN4O3. The summed E-state index contributed by atoms with van der Waals surface area (Å²) in [4.78, 5) is 33.9. The van der Waals surface area contributed by atoms with Crippen molar-refractivity contribution in [2.75, 3.05) is 38.1 Å². The molecule has 2 unspecified atom stereocenters. The van der Waals surface area contributed by atoms with Crippen LogP contribution in [0.25, 0.3) is 0 Å². The maximum absolute atomic E-state index is 15.1. The maximum Gasteiger partial charge on any atom is 0.407 e. The first-order valence-corrected chi connectivity index (χ1v) is 11.0. The second kappa shape index (κ2) is 9.32. The van der Waals surface area contributed by atoms with Gasteiger partial charge in [0, 0.05) is 43.8 Å². The van der Waals surface area contributed by atoms with Gasteiger partial charge in [-0.3, -0.25) is 4.79 Å². The van der Waals surface area contributed by atoms with E-state index >= 15 is 4.39 Å². The number of pyridine rings is 1. The first-order chi connectivity index (χ1) is 15.3. The van der Waals surface area contributed by atoms with Crippen molar-refractivity contribution < 1.29 is 19.1 Å². The summed E-state index contributed by atoms with van der Waals surface area (Å²) < 4.78 is 15.1. The minimum atomic E-state index is -1.32. The van der Waals surface area contributed by atoms with E-state index in [2.05, 4.69) is 4.98 Å². The summed E-state index contributed by atoms with van der Waals surface area (Å²) in [6.07, 6.45) is -0.322. The van der Waals surface area contributed by atoms with Crippen molar-refractivity contribution in [2.45, 2.75) is 24.6 Å². The predicted octanol–water partition coefficient (Wildman–Crippen LogP) is 3.50. The van der Waals surface area contributed by atoms with Crippen LogP contribution in [0.3, 0.4) is 0 Å². The molecule has 0 radical (unpaired) electrons. The number of benzene rings is 1. The monoisotopic (exact) mass is 460 g/mol. The lowest BCUT2D eigenvalue weighted by Gasteiger charge is -2.36. The van der Waals surface area contributed by atoms with Crippen LogP contribution in [0.4, 0.5) is 15.0 Å². The summed E-state index contributed by atoms with van der Waals surface area (Å²) in [6, 6.07) is 12.3. The topological polar surface area (TPSA) is 77.0 Å². The van der Waals surface area contributed by atoms with Crippen LogP contribution in [0.15, 0.2) is 48.7 Å². The minimum absolute atomic E-state index is 0.111. The number of halogens is 2. The normalized spacial score (nSPS) is 25.6. The number of carbonyl (C=O) groups is 2. The SMILES string of the molecule is CN(C(=O)O)[C@@H]1CN(C(=O)C2CCN(c3ccccn3)CC2F)C[C@H]1c1ccc(Cl)cc1. The van der Waals surface area contributed by atoms with Crippen molar-refractivity contribution in [1.82, 2.24) is 14.8 Å². The molecule has 0 aliphatic carbocycles. The molecule has 7 nitrogen and oxygen atoms in total. The molecule has 2 amide bonds. The molecular weight excluding hydrogens is 435 g/mol. The summed E-state index contributed by atoms with van der Waals surface area (Å²) in [5, 5.41) is 10.1. The number of aromatic nitrogens is 1. The van der Waals surface area contributed by atoms with E-state index < -0.39 is 24.2 Å². The van der Waals surface area contributed by atoms with Gasteiger partial charge in [0.25, 0.3) is 0 Å². The Balaban J connectivity index is 1.48. The number of likely N-dealkylation sites (tertiary alicyclic amines) is 1. The highest BCUT2D eigenvalue weighted by Gasteiger charge is 2.44. The van der Waals surface area contributed by atoms with Crippen molar-refractivity contribution in [3.05, 3.63) is 59.2 Å². The van der Waals surface area contributed by atoms with Gasteiger partial charge >= 0.3 is 6.09 Å². The number of likely N-dealkylation sites (N-methyl/N-ethyl adjacent to an activating group) is 1. The van der Waals surface area contributed by atoms with Gasteiger partial charge in [-0.15, -0.1) is 0 Å². The molecule has 4 rings (SSSR count). The molecule has 0 saturated carbocycles. The molecule has 4 atom stereocenters. The third-order valence-electron chi connectivity index (χ3n) is 6.53. The fourth-order valence-electron chi connectivity index (χ4n) is 4.70. The highest BCUT2D eigenvalue weighted by molar-refractivity contribution is 6.30. The Morgan fingerprint density at radius 2 is 1.91 bits per heavy atom. The minimum Gasteiger partial charge on any atom is -0.465 e. The molecule has 2 aliphatic heterocycles. The molecule has 0 bridgehead atoms. The zero-order chi connectivity index (χ0) is 22.8. The maximum atomic E-state index is 15.1. The van der Waals surface area contributed by atoms with Crippen molar-refractivity contribution in [2.24, 2.45) is 5.92 Å². The zero-order valence-electron chi connectivity index (χ0n) is 17.8. The Labute approximate surface area is 191 Å². The van der Waals surface area contributed by atoms with Crippen molar-refractivity contribution in [1.29, 1.82) is 0 Å². The van der Waals surface area contributed by atoms with Gasteiger partial charge in [0.2, 0.25) is 5.91 Å². The lowest BCUT2D eigenvalue weighted by atomic mass is 9.93. The van der Waals surface area contributed by atoms with Crippen LogP contribution in [-0.4, -0.2) is 77.3 Å². The number of anilines is 1. The summed E-state index contributed by atoms with van der Waals surface area (Å²) >= 11 is 6.00. The lowest BCUT2D eigenvalue weighted by molar-refractivity contribution is -0.137. The molecule has 2 aromatic rings. The van der Waals surface area contributed by atoms with Crippen LogP contribution in [0.2, 0.25) is 5.02 Å². The summed E-state index contributed by atoms with van der Waals surface area (Å²) in [6.45, 7) is 1.24. The van der Waals surface area contributed by atoms with Gasteiger partial charge in [0.1, 0.15) is 12.0 Å². The molecule has 2 aliphatic rings. The van der Waals surface area contributed by atoms with Crippen LogP contribution in [0.5, 0.6) is 0 Å². The number of alkyl halides is 1. The van der Waals surface area contributed by atoms with Gasteiger partial charge < -0.3 is 19.8 Å². The molecule has 2 saturated heterocycles. The number of rotatable bonds is 4. The van der Waals surface area contributed by atoms with Crippen molar-refractivity contribution >= 4 is 29.4 Å². The highest BCUT2D eigenvalue weighted by Crippen LogP contribution is 2.34. The van der Waals surface area contributed by atoms with Gasteiger partial charge in [-0.05, 0) is 36.2 Å². The number of piperidine rings is 1. The van der Waals surface area contributed by atoms with Crippen LogP contribution in [0.1, 0.15) is 17.9 Å². The molecule has 170 valence electrons. The number of carbonyl (C=O) groups excluding carboxylic acids is 1. The Morgan fingerprint density at radius 1 is 1.16 bits per heavy atom. The second-order valence-corrected chi connectivity index (χ2v) is 8.84. The first kappa shape index (κ1) is 22.3. The number of hydrogen-bond donors (Lipinski definition) is 1. The first-order valence-electron chi connectivity index (χ1n) is 10.6. The number of amides is 2. The second-order valence-electron chi connectivity index (χ2n) is 8.41. The molecule has 2 fully saturated rings. The van der Waals surface area contributed by atoms with Crippen LogP contribution in [-0.2, 0) is 4.79 Å². The standard InChI is InChI=1S/C23H26ClFN4O3/c1-27(23(31)32)20-14-29(12-18(20)15-5-7-16(24)8-6-15)22(30)17-9-11-28(13-19(17)25)21-4-2-3-10-26-21/h2-8,10,17-20H,9,11-14H2,1H3,(H,31,32)/t17?,18-,19?,20+/m0/s1. The summed E-state index contributed by atoms with van der Waals surface area (Å²) in [5.41, 5.74) is 0.907. The fourth-order valence-corrected chi connectivity index (χ4v) is 4.83. The van der Waals surface area contributed by atoms with E-state index in [1.54, 1.807) is 23.2 Å². The smallest absolute Gasteiger partial charge is 0.407 e. The van der Waals surface area contributed by atoms with Gasteiger partial charge in [0.05, 0.1) is 18.5 Å². The number of hydrogen-bond acceptors (Lipinski definition) is 4. The van der Waals surface area contributed by atoms with E-state index in [1.165, 1.54) is 11.9 Å². The molecule has 3 heterocycles. The van der Waals surface area contributed by atoms with E-state index in [0.717, 1.165) is 5.56 Å². The molecule has 32 heavy (non-hydrogen) atoms. The van der Waals surface area contributed by atoms with Gasteiger partial charge in [0.15, 0.2) is 0 Å². The highest BCUT2D eigenvalue weighted by atomic mass is 35.5. The summed E-state index contributed by atoms with van der Waals surface area (Å²) in [7, 11) is 1.51. The van der Waals surface area contributed by atoms with E-state index in [1.807, 2.05) is 35.2 Å². The third-order valence-corrected chi connectivity index (χ3v) is 6.78. The van der Waals surface area contributed by atoms with Crippen LogP contribution < -0.4 is 4.90 Å². The average Bonchev–Trinajstić information content (AvgIpc) is 3.24. The van der Waals surface area contributed by atoms with Crippen LogP contribution in [0, 0.1) is 5.92 Å².